The number of sulfone groups is 1. The van der Waals surface area contributed by atoms with E-state index < -0.39 is 38.8 Å². The second kappa shape index (κ2) is 7.08. The van der Waals surface area contributed by atoms with E-state index in [1.165, 1.54) is 24.3 Å². The van der Waals surface area contributed by atoms with Gasteiger partial charge in [0.15, 0.2) is 15.4 Å². The highest BCUT2D eigenvalue weighted by atomic mass is 32.2. The summed E-state index contributed by atoms with van der Waals surface area (Å²) in [6.07, 6.45) is -4.52. The van der Waals surface area contributed by atoms with E-state index >= 15 is 0 Å². The monoisotopic (exact) mass is 387 g/mol. The number of halogens is 3. The summed E-state index contributed by atoms with van der Waals surface area (Å²) in [6.45, 7) is 1.02. The fourth-order valence-electron chi connectivity index (χ4n) is 2.16. The van der Waals surface area contributed by atoms with Gasteiger partial charge in [0.25, 0.3) is 5.91 Å². The number of hydrogen-bond acceptors (Lipinski definition) is 4. The average molecular weight is 387 g/mol. The van der Waals surface area contributed by atoms with Crippen molar-refractivity contribution in [2.45, 2.75) is 23.6 Å². The van der Waals surface area contributed by atoms with Gasteiger partial charge in [-0.25, -0.2) is 8.42 Å². The Bertz CT molecular complexity index is 876. The third-order valence-corrected chi connectivity index (χ3v) is 5.47. The Morgan fingerprint density at radius 1 is 1.04 bits per heavy atom. The topological polar surface area (TPSA) is 83.5 Å². The maximum atomic E-state index is 12.5. The maximum absolute atomic E-state index is 12.5. The normalized spacial score (nSPS) is 14.5. The van der Waals surface area contributed by atoms with Gasteiger partial charge in [-0.2, -0.15) is 13.2 Å². The van der Waals surface area contributed by atoms with Crippen LogP contribution in [0.5, 0.6) is 0 Å². The van der Waals surface area contributed by atoms with E-state index in [4.69, 9.17) is 0 Å². The zero-order valence-electron chi connectivity index (χ0n) is 13.6. The van der Waals surface area contributed by atoms with Gasteiger partial charge in [-0.1, -0.05) is 18.2 Å². The Kier molecular flexibility index (Phi) is 5.43. The Hall–Kier alpha value is -2.39. The first-order valence-corrected chi connectivity index (χ1v) is 9.06. The minimum Gasteiger partial charge on any atom is -0.379 e. The molecule has 0 bridgehead atoms. The van der Waals surface area contributed by atoms with Crippen molar-refractivity contribution in [1.29, 1.82) is 0 Å². The van der Waals surface area contributed by atoms with Gasteiger partial charge in [0.2, 0.25) is 0 Å². The number of alkyl halides is 3. The van der Waals surface area contributed by atoms with Crippen molar-refractivity contribution in [2.75, 3.05) is 11.1 Å². The second-order valence-electron chi connectivity index (χ2n) is 5.88. The van der Waals surface area contributed by atoms with E-state index in [1.54, 1.807) is 6.07 Å². The Morgan fingerprint density at radius 3 is 2.08 bits per heavy atom. The first-order chi connectivity index (χ1) is 11.9. The van der Waals surface area contributed by atoms with Crippen LogP contribution >= 0.6 is 0 Å². The maximum Gasteiger partial charge on any atom is 0.416 e. The van der Waals surface area contributed by atoms with Crippen LogP contribution in [0.1, 0.15) is 12.5 Å². The van der Waals surface area contributed by atoms with Crippen molar-refractivity contribution in [2.24, 2.45) is 0 Å². The van der Waals surface area contributed by atoms with Crippen molar-refractivity contribution >= 4 is 21.4 Å². The third kappa shape index (κ3) is 4.83. The van der Waals surface area contributed by atoms with E-state index in [0.717, 1.165) is 31.2 Å². The molecular formula is C17H16F3NO4S. The molecule has 0 unspecified atom stereocenters. The smallest absolute Gasteiger partial charge is 0.379 e. The zero-order chi connectivity index (χ0) is 19.6. The van der Waals surface area contributed by atoms with Crippen LogP contribution in [-0.2, 0) is 20.8 Å². The van der Waals surface area contributed by atoms with Gasteiger partial charge >= 0.3 is 6.18 Å². The van der Waals surface area contributed by atoms with Crippen LogP contribution in [0.2, 0.25) is 0 Å². The lowest BCUT2D eigenvalue weighted by molar-refractivity contribution is -0.137. The molecule has 0 spiro atoms. The van der Waals surface area contributed by atoms with E-state index in [1.807, 2.05) is 0 Å². The molecule has 0 saturated heterocycles. The molecule has 140 valence electrons. The van der Waals surface area contributed by atoms with Crippen LogP contribution < -0.4 is 5.32 Å². The molecule has 5 nitrogen and oxygen atoms in total. The van der Waals surface area contributed by atoms with Crippen LogP contribution in [0.4, 0.5) is 18.9 Å². The fourth-order valence-corrected chi connectivity index (χ4v) is 3.76. The van der Waals surface area contributed by atoms with Gasteiger partial charge in [0, 0.05) is 5.69 Å². The summed E-state index contributed by atoms with van der Waals surface area (Å²) in [4.78, 5) is 12.1. The second-order valence-corrected chi connectivity index (χ2v) is 7.86. The largest absolute Gasteiger partial charge is 0.416 e. The quantitative estimate of drug-likeness (QED) is 0.826. The molecule has 2 aromatic carbocycles. The number of benzene rings is 2. The van der Waals surface area contributed by atoms with Crippen molar-refractivity contribution in [3.05, 3.63) is 60.2 Å². The zero-order valence-corrected chi connectivity index (χ0v) is 14.4. The first kappa shape index (κ1) is 19.9. The summed E-state index contributed by atoms with van der Waals surface area (Å²) < 4.78 is 62.2. The molecular weight excluding hydrogens is 371 g/mol. The number of hydrogen-bond donors (Lipinski definition) is 2. The summed E-state index contributed by atoms with van der Waals surface area (Å²) in [5.74, 6) is -1.92. The summed E-state index contributed by atoms with van der Waals surface area (Å²) in [7, 11) is -3.94. The molecule has 1 atom stereocenters. The van der Waals surface area contributed by atoms with Crippen LogP contribution in [0, 0.1) is 0 Å². The molecule has 2 N–H and O–H groups in total. The van der Waals surface area contributed by atoms with Crippen LogP contribution in [0.15, 0.2) is 59.5 Å². The van der Waals surface area contributed by atoms with E-state index in [0.29, 0.717) is 0 Å². The average Bonchev–Trinajstić information content (AvgIpc) is 2.54. The molecule has 0 saturated carbocycles. The minimum absolute atomic E-state index is 0.000356. The highest BCUT2D eigenvalue weighted by Gasteiger charge is 2.37. The molecule has 0 fully saturated rings. The van der Waals surface area contributed by atoms with Crippen molar-refractivity contribution in [1.82, 2.24) is 0 Å². The standard InChI is InChI=1S/C17H16F3NO4S/c1-16(23,11-26(24,25)14-5-3-2-4-6-14)15(22)21-13-9-7-12(8-10-13)17(18,19)20/h2-10,23H,11H2,1H3,(H,21,22)/t16-/m1/s1. The van der Waals surface area contributed by atoms with Gasteiger partial charge in [-0.3, -0.25) is 4.79 Å². The van der Waals surface area contributed by atoms with E-state index in [9.17, 15) is 31.5 Å². The minimum atomic E-state index is -4.52. The number of nitrogens with one attached hydrogen (secondary N) is 1. The summed E-state index contributed by atoms with van der Waals surface area (Å²) >= 11 is 0. The summed E-state index contributed by atoms with van der Waals surface area (Å²) in [6, 6.07) is 10.9. The van der Waals surface area contributed by atoms with Gasteiger partial charge in [-0.05, 0) is 43.3 Å². The Morgan fingerprint density at radius 2 is 1.58 bits per heavy atom. The summed E-state index contributed by atoms with van der Waals surface area (Å²) in [5.41, 5.74) is -3.17. The number of carbonyl (C=O) groups excluding carboxylic acids is 1. The number of carbonyl (C=O) groups is 1. The SMILES string of the molecule is C[C@@](O)(CS(=O)(=O)c1ccccc1)C(=O)Nc1ccc(C(F)(F)F)cc1. The van der Waals surface area contributed by atoms with E-state index in [2.05, 4.69) is 5.32 Å². The van der Waals surface area contributed by atoms with Crippen molar-refractivity contribution < 1.29 is 31.5 Å². The molecule has 0 aromatic heterocycles. The third-order valence-electron chi connectivity index (χ3n) is 3.53. The lowest BCUT2D eigenvalue weighted by Gasteiger charge is -2.22. The molecule has 0 aliphatic carbocycles. The van der Waals surface area contributed by atoms with Gasteiger partial charge in [0.1, 0.15) is 0 Å². The lowest BCUT2D eigenvalue weighted by atomic mass is 10.1. The molecule has 0 aliphatic rings. The molecule has 2 rings (SSSR count). The first-order valence-electron chi connectivity index (χ1n) is 7.41. The predicted molar refractivity (Wildman–Crippen MR) is 89.2 cm³/mol. The Labute approximate surface area is 148 Å². The van der Waals surface area contributed by atoms with Crippen molar-refractivity contribution in [3.63, 3.8) is 0 Å². The molecule has 9 heteroatoms. The lowest BCUT2D eigenvalue weighted by Crippen LogP contribution is -2.45. The number of rotatable bonds is 5. The Balaban J connectivity index is 2.13. The highest BCUT2D eigenvalue weighted by molar-refractivity contribution is 7.91. The predicted octanol–water partition coefficient (Wildman–Crippen LogP) is 2.87. The van der Waals surface area contributed by atoms with Gasteiger partial charge in [-0.15, -0.1) is 0 Å². The van der Waals surface area contributed by atoms with Crippen LogP contribution in [0.3, 0.4) is 0 Å². The van der Waals surface area contributed by atoms with Gasteiger partial charge in [0.05, 0.1) is 16.2 Å². The molecule has 0 radical (unpaired) electrons. The highest BCUT2D eigenvalue weighted by Crippen LogP contribution is 2.30. The van der Waals surface area contributed by atoms with Crippen LogP contribution in [-0.4, -0.2) is 30.8 Å². The van der Waals surface area contributed by atoms with Gasteiger partial charge < -0.3 is 10.4 Å². The van der Waals surface area contributed by atoms with Crippen LogP contribution in [0.25, 0.3) is 0 Å². The molecule has 1 amide bonds. The molecule has 0 aliphatic heterocycles. The number of amides is 1. The fraction of sp³-hybridized carbons (Fsp3) is 0.235. The number of aliphatic hydroxyl groups is 1. The van der Waals surface area contributed by atoms with E-state index in [-0.39, 0.29) is 10.6 Å². The number of anilines is 1. The molecule has 26 heavy (non-hydrogen) atoms. The molecule has 0 heterocycles. The molecule has 2 aromatic rings. The van der Waals surface area contributed by atoms with Crippen molar-refractivity contribution in [3.8, 4) is 0 Å². The summed E-state index contributed by atoms with van der Waals surface area (Å²) in [5, 5.41) is 12.5.